The van der Waals surface area contributed by atoms with Crippen LogP contribution in [0, 0.1) is 5.82 Å². The molecule has 0 atom stereocenters. The standard InChI is InChI=1S/C24H24FN3OS/c25-19-6-8-20(9-7-19)28-17-26-23(29)24(28)12-14-27(15-13-24)16-21-10-11-22(30-21)18-4-2-1-3-5-18/h1-11H,12-17H2,(H,26,29). The fourth-order valence-electron chi connectivity index (χ4n) is 4.57. The number of amides is 1. The summed E-state index contributed by atoms with van der Waals surface area (Å²) in [5.41, 5.74) is 1.62. The number of benzene rings is 2. The maximum absolute atomic E-state index is 13.3. The maximum atomic E-state index is 13.3. The highest BCUT2D eigenvalue weighted by atomic mass is 32.1. The number of thiophene rings is 1. The van der Waals surface area contributed by atoms with Gasteiger partial charge < -0.3 is 10.2 Å². The molecule has 2 aromatic carbocycles. The Hall–Kier alpha value is -2.70. The van der Waals surface area contributed by atoms with E-state index >= 15 is 0 Å². The molecule has 5 rings (SSSR count). The molecule has 0 radical (unpaired) electrons. The lowest BCUT2D eigenvalue weighted by Crippen LogP contribution is -2.56. The van der Waals surface area contributed by atoms with Gasteiger partial charge >= 0.3 is 0 Å². The van der Waals surface area contributed by atoms with E-state index in [4.69, 9.17) is 0 Å². The van der Waals surface area contributed by atoms with Crippen molar-refractivity contribution in [2.75, 3.05) is 24.7 Å². The van der Waals surface area contributed by atoms with Crippen LogP contribution < -0.4 is 10.2 Å². The Kier molecular flexibility index (Phi) is 5.05. The largest absolute Gasteiger partial charge is 0.339 e. The first-order chi connectivity index (χ1) is 14.6. The first-order valence-electron chi connectivity index (χ1n) is 10.3. The zero-order valence-electron chi connectivity index (χ0n) is 16.7. The van der Waals surface area contributed by atoms with Gasteiger partial charge in [0.05, 0.1) is 6.67 Å². The second kappa shape index (κ2) is 7.85. The topological polar surface area (TPSA) is 35.6 Å². The van der Waals surface area contributed by atoms with Crippen molar-refractivity contribution in [1.82, 2.24) is 10.2 Å². The van der Waals surface area contributed by atoms with E-state index in [1.165, 1.54) is 27.5 Å². The predicted molar refractivity (Wildman–Crippen MR) is 119 cm³/mol. The number of hydrogen-bond donors (Lipinski definition) is 1. The molecule has 2 aliphatic heterocycles. The van der Waals surface area contributed by atoms with Gasteiger partial charge in [0.15, 0.2) is 0 Å². The number of hydrogen-bond acceptors (Lipinski definition) is 4. The van der Waals surface area contributed by atoms with Gasteiger partial charge in [-0.1, -0.05) is 30.3 Å². The van der Waals surface area contributed by atoms with E-state index in [0.717, 1.165) is 38.2 Å². The molecule has 154 valence electrons. The number of anilines is 1. The van der Waals surface area contributed by atoms with E-state index in [1.54, 1.807) is 12.1 Å². The van der Waals surface area contributed by atoms with Gasteiger partial charge in [0.1, 0.15) is 11.4 Å². The van der Waals surface area contributed by atoms with Crippen LogP contribution in [0.15, 0.2) is 66.7 Å². The molecular weight excluding hydrogens is 397 g/mol. The Bertz CT molecular complexity index is 1030. The molecule has 3 heterocycles. The summed E-state index contributed by atoms with van der Waals surface area (Å²) in [4.78, 5) is 20.0. The summed E-state index contributed by atoms with van der Waals surface area (Å²) in [6.07, 6.45) is 1.54. The van der Waals surface area contributed by atoms with Crippen molar-refractivity contribution in [1.29, 1.82) is 0 Å². The molecule has 0 saturated carbocycles. The third kappa shape index (κ3) is 3.50. The van der Waals surface area contributed by atoms with Crippen LogP contribution in [0.5, 0.6) is 0 Å². The molecule has 6 heteroatoms. The lowest BCUT2D eigenvalue weighted by molar-refractivity contribution is -0.125. The van der Waals surface area contributed by atoms with Gasteiger partial charge in [-0.2, -0.15) is 0 Å². The molecule has 1 amide bonds. The second-order valence-electron chi connectivity index (χ2n) is 8.01. The van der Waals surface area contributed by atoms with E-state index < -0.39 is 5.54 Å². The zero-order valence-corrected chi connectivity index (χ0v) is 17.5. The number of likely N-dealkylation sites (tertiary alicyclic amines) is 1. The number of halogens is 1. The maximum Gasteiger partial charge on any atom is 0.247 e. The molecule has 4 nitrogen and oxygen atoms in total. The Morgan fingerprint density at radius 3 is 2.43 bits per heavy atom. The first-order valence-corrected chi connectivity index (χ1v) is 11.1. The van der Waals surface area contributed by atoms with Gasteiger partial charge in [0.2, 0.25) is 5.91 Å². The predicted octanol–water partition coefficient (Wildman–Crippen LogP) is 4.48. The highest BCUT2D eigenvalue weighted by molar-refractivity contribution is 7.15. The number of carbonyl (C=O) groups is 1. The molecule has 2 aliphatic rings. The minimum Gasteiger partial charge on any atom is -0.339 e. The molecule has 0 unspecified atom stereocenters. The summed E-state index contributed by atoms with van der Waals surface area (Å²) in [7, 11) is 0. The van der Waals surface area contributed by atoms with Crippen LogP contribution in [0.1, 0.15) is 17.7 Å². The molecule has 30 heavy (non-hydrogen) atoms. The van der Waals surface area contributed by atoms with Crippen molar-refractivity contribution >= 4 is 22.9 Å². The Morgan fingerprint density at radius 2 is 1.70 bits per heavy atom. The Balaban J connectivity index is 1.27. The van der Waals surface area contributed by atoms with Crippen molar-refractivity contribution in [3.8, 4) is 10.4 Å². The smallest absolute Gasteiger partial charge is 0.247 e. The summed E-state index contributed by atoms with van der Waals surface area (Å²) < 4.78 is 13.3. The van der Waals surface area contributed by atoms with Crippen molar-refractivity contribution in [2.45, 2.75) is 24.9 Å². The molecule has 1 spiro atoms. The molecular formula is C24H24FN3OS. The minimum absolute atomic E-state index is 0.0916. The number of nitrogens with one attached hydrogen (secondary N) is 1. The van der Waals surface area contributed by atoms with Crippen molar-refractivity contribution in [3.05, 3.63) is 77.4 Å². The van der Waals surface area contributed by atoms with Crippen molar-refractivity contribution in [2.24, 2.45) is 0 Å². The van der Waals surface area contributed by atoms with Gasteiger partial charge in [-0.15, -0.1) is 11.3 Å². The second-order valence-corrected chi connectivity index (χ2v) is 9.18. The van der Waals surface area contributed by atoms with Gasteiger partial charge in [-0.25, -0.2) is 4.39 Å². The average molecular weight is 422 g/mol. The van der Waals surface area contributed by atoms with Crippen molar-refractivity contribution in [3.63, 3.8) is 0 Å². The van der Waals surface area contributed by atoms with E-state index in [1.807, 2.05) is 17.4 Å². The molecule has 0 bridgehead atoms. The van der Waals surface area contributed by atoms with Crippen LogP contribution in [-0.4, -0.2) is 36.1 Å². The van der Waals surface area contributed by atoms with Crippen molar-refractivity contribution < 1.29 is 9.18 Å². The summed E-state index contributed by atoms with van der Waals surface area (Å²) in [6.45, 7) is 3.12. The van der Waals surface area contributed by atoms with E-state index in [9.17, 15) is 9.18 Å². The van der Waals surface area contributed by atoms with Crippen LogP contribution in [0.3, 0.4) is 0 Å². The van der Waals surface area contributed by atoms with Crippen LogP contribution >= 0.6 is 11.3 Å². The quantitative estimate of drug-likeness (QED) is 0.675. The highest BCUT2D eigenvalue weighted by Crippen LogP contribution is 2.37. The molecule has 0 aliphatic carbocycles. The molecule has 3 aromatic rings. The average Bonchev–Trinajstić information content (AvgIpc) is 3.37. The minimum atomic E-state index is -0.529. The lowest BCUT2D eigenvalue weighted by atomic mass is 9.85. The van der Waals surface area contributed by atoms with Crippen LogP contribution in [-0.2, 0) is 11.3 Å². The number of rotatable bonds is 4. The SMILES string of the molecule is O=C1NCN(c2ccc(F)cc2)C12CCN(Cc1ccc(-c3ccccc3)s1)CC2. The van der Waals surface area contributed by atoms with E-state index in [0.29, 0.717) is 6.67 Å². The molecule has 1 N–H and O–H groups in total. The third-order valence-electron chi connectivity index (χ3n) is 6.26. The number of piperidine rings is 1. The molecule has 1 aromatic heterocycles. The Labute approximate surface area is 179 Å². The van der Waals surface area contributed by atoms with Crippen LogP contribution in [0.25, 0.3) is 10.4 Å². The highest BCUT2D eigenvalue weighted by Gasteiger charge is 2.50. The summed E-state index contributed by atoms with van der Waals surface area (Å²) in [5, 5.41) is 3.01. The normalized spacial score (nSPS) is 18.7. The first kappa shape index (κ1) is 19.3. The Morgan fingerprint density at radius 1 is 0.967 bits per heavy atom. The summed E-state index contributed by atoms with van der Waals surface area (Å²) in [5.74, 6) is -0.166. The van der Waals surface area contributed by atoms with Gasteiger partial charge in [0, 0.05) is 35.1 Å². The van der Waals surface area contributed by atoms with E-state index in [2.05, 4.69) is 51.5 Å². The monoisotopic (exact) mass is 421 g/mol. The fraction of sp³-hybridized carbons (Fsp3) is 0.292. The zero-order chi connectivity index (χ0) is 20.6. The van der Waals surface area contributed by atoms with Crippen LogP contribution in [0.2, 0.25) is 0 Å². The van der Waals surface area contributed by atoms with E-state index in [-0.39, 0.29) is 11.7 Å². The summed E-state index contributed by atoms with van der Waals surface area (Å²) in [6, 6.07) is 21.3. The third-order valence-corrected chi connectivity index (χ3v) is 7.38. The van der Waals surface area contributed by atoms with Crippen LogP contribution in [0.4, 0.5) is 10.1 Å². The summed E-state index contributed by atoms with van der Waals surface area (Å²) >= 11 is 1.84. The lowest BCUT2D eigenvalue weighted by Gasteiger charge is -2.43. The number of carbonyl (C=O) groups excluding carboxylic acids is 1. The van der Waals surface area contributed by atoms with Gasteiger partial charge in [-0.05, 0) is 54.8 Å². The number of nitrogens with zero attached hydrogens (tertiary/aromatic N) is 2. The van der Waals surface area contributed by atoms with Gasteiger partial charge in [-0.3, -0.25) is 9.69 Å². The molecule has 2 fully saturated rings. The molecule has 2 saturated heterocycles. The fourth-order valence-corrected chi connectivity index (χ4v) is 5.62. The van der Waals surface area contributed by atoms with Gasteiger partial charge in [0.25, 0.3) is 0 Å².